The summed E-state index contributed by atoms with van der Waals surface area (Å²) in [5, 5.41) is 8.64. The summed E-state index contributed by atoms with van der Waals surface area (Å²) in [7, 11) is 0. The van der Waals surface area contributed by atoms with Gasteiger partial charge in [-0.25, -0.2) is 4.79 Å². The number of fused-ring (bicyclic) bond motifs is 1. The molecule has 5 heteroatoms. The monoisotopic (exact) mass is 186 g/mol. The summed E-state index contributed by atoms with van der Waals surface area (Å²) in [5.41, 5.74) is 5.48. The lowest BCUT2D eigenvalue weighted by molar-refractivity contribution is 0.150. The van der Waals surface area contributed by atoms with Crippen molar-refractivity contribution in [3.63, 3.8) is 0 Å². The average Bonchev–Trinajstić information content (AvgIpc) is 2.48. The van der Waals surface area contributed by atoms with Crippen LogP contribution >= 0.6 is 12.2 Å². The molecular weight excluding hydrogens is 176 g/mol. The number of thiocarbonyl (C=S) groups is 1. The Morgan fingerprint density at radius 3 is 2.33 bits per heavy atom. The molecule has 66 valence electrons. The van der Waals surface area contributed by atoms with Crippen molar-refractivity contribution >= 4 is 23.3 Å². The highest BCUT2D eigenvalue weighted by Crippen LogP contribution is 2.51. The average molecular weight is 186 g/mol. The second-order valence-electron chi connectivity index (χ2n) is 3.44. The highest BCUT2D eigenvalue weighted by Gasteiger charge is 2.58. The third-order valence-corrected chi connectivity index (χ3v) is 3.07. The predicted octanol–water partition coefficient (Wildman–Crippen LogP) is 0.128. The van der Waals surface area contributed by atoms with E-state index in [0.29, 0.717) is 35.8 Å². The second-order valence-corrected chi connectivity index (χ2v) is 3.91. The molecule has 2 fully saturated rings. The van der Waals surface area contributed by atoms with Crippen LogP contribution in [0.5, 0.6) is 0 Å². The normalized spacial score (nSPS) is 37.7. The molecule has 0 aromatic rings. The van der Waals surface area contributed by atoms with Crippen molar-refractivity contribution in [3.8, 4) is 0 Å². The first kappa shape index (κ1) is 7.79. The number of carbonyl (C=O) groups is 1. The molecule has 2 atom stereocenters. The van der Waals surface area contributed by atoms with Crippen molar-refractivity contribution < 1.29 is 9.90 Å². The number of nitrogens with zero attached hydrogens (tertiary/aromatic N) is 1. The lowest BCUT2D eigenvalue weighted by atomic mass is 10.3. The number of nitrogens with two attached hydrogens (primary N) is 1. The predicted molar refractivity (Wildman–Crippen MR) is 46.9 cm³/mol. The van der Waals surface area contributed by atoms with Crippen LogP contribution < -0.4 is 5.73 Å². The van der Waals surface area contributed by atoms with E-state index in [1.54, 1.807) is 0 Å². The first-order chi connectivity index (χ1) is 5.61. The van der Waals surface area contributed by atoms with Crippen molar-refractivity contribution in [1.29, 1.82) is 0 Å². The van der Waals surface area contributed by atoms with Crippen LogP contribution in [0.3, 0.4) is 0 Å². The molecular formula is C7H10N2O2S. The molecule has 2 rings (SSSR count). The molecule has 0 aromatic heterocycles. The van der Waals surface area contributed by atoms with Crippen LogP contribution in [-0.2, 0) is 0 Å². The van der Waals surface area contributed by atoms with E-state index in [0.717, 1.165) is 0 Å². The first-order valence-corrected chi connectivity index (χ1v) is 4.29. The van der Waals surface area contributed by atoms with Crippen LogP contribution in [0.15, 0.2) is 0 Å². The molecule has 1 aliphatic carbocycles. The number of hydrogen-bond acceptors (Lipinski definition) is 2. The fraction of sp³-hybridized carbons (Fsp3) is 0.714. The molecule has 4 nitrogen and oxygen atoms in total. The van der Waals surface area contributed by atoms with Gasteiger partial charge in [0.2, 0.25) is 0 Å². The molecule has 3 N–H and O–H groups in total. The standard InChI is InChI=1S/C7H10N2O2S/c8-6(12)5-3-1-9(7(10)11)2-4(3)5/h3-5H,1-2H2,(H2,8,12)(H,10,11). The van der Waals surface area contributed by atoms with E-state index < -0.39 is 6.09 Å². The topological polar surface area (TPSA) is 66.6 Å². The van der Waals surface area contributed by atoms with Gasteiger partial charge in [0.05, 0.1) is 4.99 Å². The Labute approximate surface area is 75.3 Å². The van der Waals surface area contributed by atoms with Gasteiger partial charge in [-0.1, -0.05) is 12.2 Å². The van der Waals surface area contributed by atoms with Crippen LogP contribution in [-0.4, -0.2) is 34.2 Å². The number of likely N-dealkylation sites (tertiary alicyclic amines) is 1. The van der Waals surface area contributed by atoms with Gasteiger partial charge >= 0.3 is 6.09 Å². The van der Waals surface area contributed by atoms with Gasteiger partial charge in [0.25, 0.3) is 0 Å². The van der Waals surface area contributed by atoms with Gasteiger partial charge < -0.3 is 15.7 Å². The fourth-order valence-electron chi connectivity index (χ4n) is 2.10. The summed E-state index contributed by atoms with van der Waals surface area (Å²) in [5.74, 6) is 1.15. The van der Waals surface area contributed by atoms with Crippen LogP contribution in [0.4, 0.5) is 4.79 Å². The SMILES string of the molecule is NC(=S)C1C2CN(C(=O)O)CC21. The Morgan fingerprint density at radius 1 is 1.50 bits per heavy atom. The smallest absolute Gasteiger partial charge is 0.407 e. The highest BCUT2D eigenvalue weighted by molar-refractivity contribution is 7.80. The zero-order valence-electron chi connectivity index (χ0n) is 6.43. The molecule has 0 bridgehead atoms. The molecule has 1 saturated heterocycles. The third kappa shape index (κ3) is 0.964. The zero-order valence-corrected chi connectivity index (χ0v) is 7.25. The van der Waals surface area contributed by atoms with Gasteiger partial charge in [0.1, 0.15) is 0 Å². The van der Waals surface area contributed by atoms with Crippen molar-refractivity contribution in [3.05, 3.63) is 0 Å². The van der Waals surface area contributed by atoms with E-state index in [1.807, 2.05) is 0 Å². The maximum atomic E-state index is 10.5. The van der Waals surface area contributed by atoms with E-state index in [2.05, 4.69) is 0 Å². The molecule has 0 radical (unpaired) electrons. The van der Waals surface area contributed by atoms with Crippen LogP contribution in [0.1, 0.15) is 0 Å². The number of rotatable bonds is 1. The minimum Gasteiger partial charge on any atom is -0.465 e. The van der Waals surface area contributed by atoms with E-state index in [4.69, 9.17) is 23.1 Å². The minimum atomic E-state index is -0.830. The molecule has 0 spiro atoms. The van der Waals surface area contributed by atoms with E-state index in [9.17, 15) is 4.79 Å². The van der Waals surface area contributed by atoms with Gasteiger partial charge in [-0.2, -0.15) is 0 Å². The second kappa shape index (κ2) is 2.32. The Balaban J connectivity index is 1.94. The van der Waals surface area contributed by atoms with Crippen molar-refractivity contribution in [2.24, 2.45) is 23.5 Å². The number of amides is 1. The maximum Gasteiger partial charge on any atom is 0.407 e. The van der Waals surface area contributed by atoms with Crippen molar-refractivity contribution in [1.82, 2.24) is 4.90 Å². The Bertz CT molecular complexity index is 232. The highest BCUT2D eigenvalue weighted by atomic mass is 32.1. The maximum absolute atomic E-state index is 10.5. The molecule has 12 heavy (non-hydrogen) atoms. The molecule has 1 heterocycles. The largest absolute Gasteiger partial charge is 0.465 e. The third-order valence-electron chi connectivity index (χ3n) is 2.79. The molecule has 2 aliphatic rings. The van der Waals surface area contributed by atoms with Gasteiger partial charge in [-0.15, -0.1) is 0 Å². The zero-order chi connectivity index (χ0) is 8.88. The quantitative estimate of drug-likeness (QED) is 0.571. The van der Waals surface area contributed by atoms with Gasteiger partial charge in [0.15, 0.2) is 0 Å². The number of piperidine rings is 1. The minimum absolute atomic E-state index is 0.315. The molecule has 1 aliphatic heterocycles. The summed E-state index contributed by atoms with van der Waals surface area (Å²) >= 11 is 4.85. The number of carboxylic acid groups (broad SMARTS) is 1. The molecule has 0 aromatic carbocycles. The summed E-state index contributed by atoms with van der Waals surface area (Å²) in [6, 6.07) is 0. The van der Waals surface area contributed by atoms with E-state index in [-0.39, 0.29) is 0 Å². The van der Waals surface area contributed by atoms with Crippen molar-refractivity contribution in [2.45, 2.75) is 0 Å². The van der Waals surface area contributed by atoms with E-state index in [1.165, 1.54) is 4.90 Å². The molecule has 1 amide bonds. The summed E-state index contributed by atoms with van der Waals surface area (Å²) in [6.45, 7) is 1.23. The van der Waals surface area contributed by atoms with E-state index >= 15 is 0 Å². The van der Waals surface area contributed by atoms with Gasteiger partial charge in [-0.3, -0.25) is 0 Å². The van der Waals surface area contributed by atoms with Gasteiger partial charge in [-0.05, 0) is 11.8 Å². The molecule has 1 saturated carbocycles. The van der Waals surface area contributed by atoms with Crippen molar-refractivity contribution in [2.75, 3.05) is 13.1 Å². The Morgan fingerprint density at radius 2 is 2.00 bits per heavy atom. The lowest BCUT2D eigenvalue weighted by Gasteiger charge is -2.14. The van der Waals surface area contributed by atoms with Crippen LogP contribution in [0, 0.1) is 17.8 Å². The lowest BCUT2D eigenvalue weighted by Crippen LogP contribution is -2.31. The fourth-order valence-corrected chi connectivity index (χ4v) is 2.45. The van der Waals surface area contributed by atoms with Gasteiger partial charge in [0, 0.05) is 19.0 Å². The first-order valence-electron chi connectivity index (χ1n) is 3.88. The number of hydrogen-bond donors (Lipinski definition) is 2. The summed E-state index contributed by atoms with van der Waals surface area (Å²) in [4.78, 5) is 12.5. The van der Waals surface area contributed by atoms with Crippen LogP contribution in [0.2, 0.25) is 0 Å². The summed E-state index contributed by atoms with van der Waals surface area (Å²) in [6.07, 6.45) is -0.830. The Kier molecular flexibility index (Phi) is 1.51. The molecule has 2 unspecified atom stereocenters. The Hall–Kier alpha value is -0.840. The summed E-state index contributed by atoms with van der Waals surface area (Å²) < 4.78 is 0. The van der Waals surface area contributed by atoms with Crippen LogP contribution in [0.25, 0.3) is 0 Å².